The van der Waals surface area contributed by atoms with Gasteiger partial charge in [-0.15, -0.1) is 0 Å². The zero-order valence-corrected chi connectivity index (χ0v) is 22.1. The Morgan fingerprint density at radius 2 is 1.76 bits per heavy atom. The highest BCUT2D eigenvalue weighted by molar-refractivity contribution is 7.92. The zero-order valence-electron chi connectivity index (χ0n) is 21.3. The van der Waals surface area contributed by atoms with Gasteiger partial charge in [-0.25, -0.2) is 18.4 Å². The SMILES string of the molecule is CNC(=O)[C@H](C)Cn1cnc2ccc(-c3cnc(OC)c(NS(=O)(=O)c4ccc(OC)cc4)c3)cc2c1=O. The highest BCUT2D eigenvalue weighted by Crippen LogP contribution is 2.31. The number of carbonyl (C=O) groups is 1. The molecule has 2 N–H and O–H groups in total. The molecule has 2 heterocycles. The Bertz CT molecular complexity index is 1650. The number of benzene rings is 2. The van der Waals surface area contributed by atoms with Crippen LogP contribution in [0.3, 0.4) is 0 Å². The van der Waals surface area contributed by atoms with Crippen molar-refractivity contribution >= 4 is 32.5 Å². The second-order valence-corrected chi connectivity index (χ2v) is 10.2. The fourth-order valence-electron chi connectivity index (χ4n) is 3.90. The number of methoxy groups -OCH3 is 2. The van der Waals surface area contributed by atoms with E-state index >= 15 is 0 Å². The molecule has 2 aromatic heterocycles. The monoisotopic (exact) mass is 537 g/mol. The number of nitrogens with zero attached hydrogens (tertiary/aromatic N) is 3. The van der Waals surface area contributed by atoms with Gasteiger partial charge in [0.1, 0.15) is 11.4 Å². The van der Waals surface area contributed by atoms with E-state index in [2.05, 4.69) is 20.0 Å². The number of aromatic nitrogens is 3. The Labute approximate surface area is 219 Å². The number of fused-ring (bicyclic) bond motifs is 1. The maximum absolute atomic E-state index is 13.2. The smallest absolute Gasteiger partial charge is 0.262 e. The topological polar surface area (TPSA) is 142 Å². The summed E-state index contributed by atoms with van der Waals surface area (Å²) in [6.45, 7) is 1.90. The van der Waals surface area contributed by atoms with E-state index in [4.69, 9.17) is 9.47 Å². The van der Waals surface area contributed by atoms with Crippen molar-refractivity contribution in [1.82, 2.24) is 19.9 Å². The van der Waals surface area contributed by atoms with Gasteiger partial charge < -0.3 is 14.8 Å². The van der Waals surface area contributed by atoms with Crippen LogP contribution in [0.2, 0.25) is 0 Å². The second-order valence-electron chi connectivity index (χ2n) is 8.51. The second kappa shape index (κ2) is 10.9. The molecule has 0 fully saturated rings. The van der Waals surface area contributed by atoms with Gasteiger partial charge in [0.05, 0.1) is 42.3 Å². The molecule has 4 aromatic rings. The molecule has 4 rings (SSSR count). The molecule has 0 radical (unpaired) electrons. The Morgan fingerprint density at radius 1 is 1.03 bits per heavy atom. The van der Waals surface area contributed by atoms with Gasteiger partial charge >= 0.3 is 0 Å². The average Bonchev–Trinajstić information content (AvgIpc) is 2.93. The van der Waals surface area contributed by atoms with Gasteiger partial charge in [-0.05, 0) is 48.0 Å². The molecule has 1 atom stereocenters. The molecule has 198 valence electrons. The number of amides is 1. The van der Waals surface area contributed by atoms with Gasteiger partial charge in [0.2, 0.25) is 11.8 Å². The van der Waals surface area contributed by atoms with Crippen molar-refractivity contribution in [2.45, 2.75) is 18.4 Å². The molecule has 0 saturated heterocycles. The van der Waals surface area contributed by atoms with E-state index in [1.807, 2.05) is 0 Å². The van der Waals surface area contributed by atoms with Gasteiger partial charge in [0, 0.05) is 25.4 Å². The first-order valence-electron chi connectivity index (χ1n) is 11.6. The maximum atomic E-state index is 13.2. The van der Waals surface area contributed by atoms with Gasteiger partial charge in [-0.2, -0.15) is 0 Å². The summed E-state index contributed by atoms with van der Waals surface area (Å²) in [6, 6.07) is 12.7. The third kappa shape index (κ3) is 5.44. The quantitative estimate of drug-likeness (QED) is 0.332. The van der Waals surface area contributed by atoms with Crippen molar-refractivity contribution in [3.63, 3.8) is 0 Å². The number of sulfonamides is 1. The highest BCUT2D eigenvalue weighted by Gasteiger charge is 2.19. The molecule has 12 heteroatoms. The molecule has 0 aliphatic heterocycles. The first kappa shape index (κ1) is 26.6. The van der Waals surface area contributed by atoms with Crippen LogP contribution in [-0.4, -0.2) is 50.1 Å². The lowest BCUT2D eigenvalue weighted by atomic mass is 10.0. The van der Waals surface area contributed by atoms with Crippen molar-refractivity contribution in [3.8, 4) is 22.8 Å². The van der Waals surface area contributed by atoms with Crippen LogP contribution in [0.5, 0.6) is 11.6 Å². The van der Waals surface area contributed by atoms with Crippen molar-refractivity contribution in [1.29, 1.82) is 0 Å². The molecule has 38 heavy (non-hydrogen) atoms. The minimum atomic E-state index is -3.96. The van der Waals surface area contributed by atoms with Crippen LogP contribution in [-0.2, 0) is 21.4 Å². The fourth-order valence-corrected chi connectivity index (χ4v) is 4.95. The van der Waals surface area contributed by atoms with Gasteiger partial charge in [-0.1, -0.05) is 13.0 Å². The number of hydrogen-bond donors (Lipinski definition) is 2. The van der Waals surface area contributed by atoms with Crippen LogP contribution in [0.4, 0.5) is 5.69 Å². The van der Waals surface area contributed by atoms with Crippen molar-refractivity contribution < 1.29 is 22.7 Å². The lowest BCUT2D eigenvalue weighted by Crippen LogP contribution is -2.32. The predicted molar refractivity (Wildman–Crippen MR) is 143 cm³/mol. The number of anilines is 1. The molecule has 0 aliphatic rings. The van der Waals surface area contributed by atoms with E-state index < -0.39 is 15.9 Å². The molecular weight excluding hydrogens is 510 g/mol. The number of hydrogen-bond acceptors (Lipinski definition) is 8. The summed E-state index contributed by atoms with van der Waals surface area (Å²) in [7, 11) is 0.463. The van der Waals surface area contributed by atoms with Gasteiger partial charge in [0.25, 0.3) is 15.6 Å². The first-order valence-corrected chi connectivity index (χ1v) is 13.1. The van der Waals surface area contributed by atoms with Crippen molar-refractivity contribution in [3.05, 3.63) is 71.4 Å². The average molecular weight is 538 g/mol. The van der Waals surface area contributed by atoms with E-state index in [1.165, 1.54) is 43.4 Å². The molecular formula is C26H27N5O6S. The first-order chi connectivity index (χ1) is 18.2. The summed E-state index contributed by atoms with van der Waals surface area (Å²) < 4.78 is 40.3. The van der Waals surface area contributed by atoms with E-state index in [9.17, 15) is 18.0 Å². The molecule has 0 saturated carbocycles. The molecule has 0 bridgehead atoms. The zero-order chi connectivity index (χ0) is 27.4. The largest absolute Gasteiger partial charge is 0.497 e. The van der Waals surface area contributed by atoms with Crippen LogP contribution < -0.4 is 25.1 Å². The minimum Gasteiger partial charge on any atom is -0.497 e. The lowest BCUT2D eigenvalue weighted by molar-refractivity contribution is -0.124. The summed E-state index contributed by atoms with van der Waals surface area (Å²) in [5.41, 5.74) is 1.49. The van der Waals surface area contributed by atoms with Gasteiger partial charge in [-0.3, -0.25) is 18.9 Å². The Kier molecular flexibility index (Phi) is 7.62. The minimum absolute atomic E-state index is 0.0362. The van der Waals surface area contributed by atoms with Crippen molar-refractivity contribution in [2.75, 3.05) is 26.0 Å². The number of ether oxygens (including phenoxy) is 2. The fraction of sp³-hybridized carbons (Fsp3) is 0.231. The van der Waals surface area contributed by atoms with Crippen LogP contribution in [0, 0.1) is 5.92 Å². The summed E-state index contributed by atoms with van der Waals surface area (Å²) in [6.07, 6.45) is 2.94. The molecule has 11 nitrogen and oxygen atoms in total. The van der Waals surface area contributed by atoms with Gasteiger partial charge in [0.15, 0.2) is 0 Å². The third-order valence-corrected chi connectivity index (χ3v) is 7.36. The number of pyridine rings is 1. The van der Waals surface area contributed by atoms with Crippen LogP contribution >= 0.6 is 0 Å². The standard InChI is InChI=1S/C26H27N5O6S/c1-16(24(32)27-2)14-31-15-29-22-10-5-17(11-21(22)26(31)33)18-12-23(25(37-4)28-13-18)30-38(34,35)20-8-6-19(36-3)7-9-20/h5-13,15-16,30H,14H2,1-4H3,(H,27,32)/t16-/m1/s1. The summed E-state index contributed by atoms with van der Waals surface area (Å²) >= 11 is 0. The Morgan fingerprint density at radius 3 is 2.42 bits per heavy atom. The summed E-state index contributed by atoms with van der Waals surface area (Å²) in [4.78, 5) is 33.7. The molecule has 0 aliphatic carbocycles. The number of rotatable bonds is 9. The summed E-state index contributed by atoms with van der Waals surface area (Å²) in [5, 5.41) is 2.92. The van der Waals surface area contributed by atoms with Crippen LogP contribution in [0.1, 0.15) is 6.92 Å². The molecule has 1 amide bonds. The summed E-state index contributed by atoms with van der Waals surface area (Å²) in [5.74, 6) is 0.00357. The number of carbonyl (C=O) groups excluding carboxylic acids is 1. The normalized spacial score (nSPS) is 12.1. The van der Waals surface area contributed by atoms with E-state index in [-0.39, 0.29) is 34.5 Å². The maximum Gasteiger partial charge on any atom is 0.262 e. The highest BCUT2D eigenvalue weighted by atomic mass is 32.2. The molecule has 0 unspecified atom stereocenters. The number of nitrogens with one attached hydrogen (secondary N) is 2. The Balaban J connectivity index is 1.71. The van der Waals surface area contributed by atoms with E-state index in [0.29, 0.717) is 27.8 Å². The molecule has 2 aromatic carbocycles. The van der Waals surface area contributed by atoms with Crippen LogP contribution in [0.25, 0.3) is 22.0 Å². The predicted octanol–water partition coefficient (Wildman–Crippen LogP) is 2.66. The van der Waals surface area contributed by atoms with Crippen LogP contribution in [0.15, 0.2) is 70.7 Å². The van der Waals surface area contributed by atoms with Crippen molar-refractivity contribution in [2.24, 2.45) is 5.92 Å². The molecule has 0 spiro atoms. The Hall–Kier alpha value is -4.45. The third-order valence-electron chi connectivity index (χ3n) is 5.98. The lowest BCUT2D eigenvalue weighted by Gasteiger charge is -2.14. The van der Waals surface area contributed by atoms with E-state index in [0.717, 1.165) is 0 Å². The van der Waals surface area contributed by atoms with E-state index in [1.54, 1.807) is 50.4 Å².